The zero-order valence-corrected chi connectivity index (χ0v) is 13.1. The number of ether oxygens (including phenoxy) is 1. The Labute approximate surface area is 130 Å². The summed E-state index contributed by atoms with van der Waals surface area (Å²) in [7, 11) is 3.20. The molecule has 0 spiro atoms. The van der Waals surface area contributed by atoms with Gasteiger partial charge in [0.25, 0.3) is 0 Å². The fraction of sp³-hybridized carbons (Fsp3) is 0.429. The number of carbonyl (C=O) groups excluding carboxylic acids is 1. The van der Waals surface area contributed by atoms with Crippen LogP contribution in [0.5, 0.6) is 5.75 Å². The van der Waals surface area contributed by atoms with Gasteiger partial charge in [0.1, 0.15) is 11.8 Å². The van der Waals surface area contributed by atoms with Crippen molar-refractivity contribution in [1.29, 1.82) is 0 Å². The Kier molecular flexibility index (Phi) is 8.42. The molecule has 0 aliphatic carbocycles. The molecule has 0 bridgehead atoms. The Morgan fingerprint density at radius 2 is 1.90 bits per heavy atom. The van der Waals surface area contributed by atoms with Crippen LogP contribution in [0.15, 0.2) is 24.3 Å². The van der Waals surface area contributed by atoms with Gasteiger partial charge in [0.2, 0.25) is 5.91 Å². The first-order chi connectivity index (χ1) is 9.43. The van der Waals surface area contributed by atoms with E-state index >= 15 is 0 Å². The molecule has 2 N–H and O–H groups in total. The van der Waals surface area contributed by atoms with Gasteiger partial charge in [-0.15, -0.1) is 12.4 Å². The number of nitrogens with one attached hydrogen (secondary N) is 1. The van der Waals surface area contributed by atoms with Crippen molar-refractivity contribution in [3.63, 3.8) is 0 Å². The predicted octanol–water partition coefficient (Wildman–Crippen LogP) is 1.14. The smallest absolute Gasteiger partial charge is 0.320 e. The molecule has 1 aromatic rings. The number of hydrogen-bond donors (Lipinski definition) is 2. The van der Waals surface area contributed by atoms with Gasteiger partial charge in [-0.3, -0.25) is 14.5 Å². The second-order valence-electron chi connectivity index (χ2n) is 4.55. The molecule has 0 aliphatic rings. The zero-order chi connectivity index (χ0) is 15.1. The van der Waals surface area contributed by atoms with E-state index in [1.54, 1.807) is 21.1 Å². The molecule has 21 heavy (non-hydrogen) atoms. The van der Waals surface area contributed by atoms with Crippen LogP contribution in [-0.2, 0) is 16.1 Å². The summed E-state index contributed by atoms with van der Waals surface area (Å²) in [5, 5.41) is 11.6. The van der Waals surface area contributed by atoms with Crippen LogP contribution in [-0.4, -0.2) is 48.6 Å². The lowest BCUT2D eigenvalue weighted by Crippen LogP contribution is -2.42. The molecule has 1 rings (SSSR count). The molecule has 0 saturated carbocycles. The first-order valence-electron chi connectivity index (χ1n) is 6.26. The molecule has 0 heterocycles. The number of amides is 1. The minimum Gasteiger partial charge on any atom is -0.497 e. The highest BCUT2D eigenvalue weighted by molar-refractivity contribution is 5.85. The normalized spacial score (nSPS) is 11.4. The van der Waals surface area contributed by atoms with E-state index in [0.717, 1.165) is 11.3 Å². The molecule has 0 radical (unpaired) electrons. The van der Waals surface area contributed by atoms with Crippen molar-refractivity contribution >= 4 is 24.3 Å². The van der Waals surface area contributed by atoms with Crippen molar-refractivity contribution in [1.82, 2.24) is 10.2 Å². The molecule has 118 valence electrons. The van der Waals surface area contributed by atoms with Crippen molar-refractivity contribution in [2.75, 3.05) is 20.7 Å². The number of benzene rings is 1. The Morgan fingerprint density at radius 3 is 2.38 bits per heavy atom. The Bertz CT molecular complexity index is 465. The summed E-state index contributed by atoms with van der Waals surface area (Å²) in [5.74, 6) is -0.401. The number of carboxylic acids is 1. The summed E-state index contributed by atoms with van der Waals surface area (Å²) in [5.41, 5.74) is 0.952. The fourth-order valence-corrected chi connectivity index (χ4v) is 1.55. The summed E-state index contributed by atoms with van der Waals surface area (Å²) in [6.07, 6.45) is 0. The van der Waals surface area contributed by atoms with Gasteiger partial charge in [0, 0.05) is 6.54 Å². The molecule has 0 saturated heterocycles. The van der Waals surface area contributed by atoms with Crippen LogP contribution in [0.1, 0.15) is 12.5 Å². The van der Waals surface area contributed by atoms with E-state index in [1.165, 1.54) is 4.90 Å². The van der Waals surface area contributed by atoms with Crippen LogP contribution < -0.4 is 10.1 Å². The SMILES string of the molecule is COc1ccc(CNC(=O)CN(C)C(C)C(=O)O)cc1.Cl. The van der Waals surface area contributed by atoms with E-state index in [2.05, 4.69) is 5.32 Å². The number of hydrogen-bond acceptors (Lipinski definition) is 4. The second kappa shape index (κ2) is 9.20. The van der Waals surface area contributed by atoms with Gasteiger partial charge in [-0.05, 0) is 31.7 Å². The quantitative estimate of drug-likeness (QED) is 0.788. The maximum atomic E-state index is 11.7. The van der Waals surface area contributed by atoms with Gasteiger partial charge in [-0.2, -0.15) is 0 Å². The van der Waals surface area contributed by atoms with Gasteiger partial charge in [-0.1, -0.05) is 12.1 Å². The van der Waals surface area contributed by atoms with Crippen LogP contribution in [0, 0.1) is 0 Å². The Morgan fingerprint density at radius 1 is 1.33 bits per heavy atom. The highest BCUT2D eigenvalue weighted by atomic mass is 35.5. The number of nitrogens with zero attached hydrogens (tertiary/aromatic N) is 1. The van der Waals surface area contributed by atoms with Gasteiger partial charge in [-0.25, -0.2) is 0 Å². The average Bonchev–Trinajstić information content (AvgIpc) is 2.44. The number of methoxy groups -OCH3 is 1. The molecule has 1 unspecified atom stereocenters. The Balaban J connectivity index is 0.00000400. The van der Waals surface area contributed by atoms with Gasteiger partial charge in [0.05, 0.1) is 13.7 Å². The minimum atomic E-state index is -0.949. The molecule has 0 fully saturated rings. The van der Waals surface area contributed by atoms with Crippen LogP contribution in [0.3, 0.4) is 0 Å². The second-order valence-corrected chi connectivity index (χ2v) is 4.55. The number of carboxylic acid groups (broad SMARTS) is 1. The molecule has 1 amide bonds. The van der Waals surface area contributed by atoms with Crippen molar-refractivity contribution < 1.29 is 19.4 Å². The van der Waals surface area contributed by atoms with E-state index in [-0.39, 0.29) is 24.9 Å². The minimum absolute atomic E-state index is 0. The first kappa shape index (κ1) is 19.2. The monoisotopic (exact) mass is 316 g/mol. The summed E-state index contributed by atoms with van der Waals surface area (Å²) >= 11 is 0. The van der Waals surface area contributed by atoms with Gasteiger partial charge >= 0.3 is 5.97 Å². The lowest BCUT2D eigenvalue weighted by molar-refractivity contribution is -0.142. The van der Waals surface area contributed by atoms with Crippen molar-refractivity contribution in [2.24, 2.45) is 0 Å². The van der Waals surface area contributed by atoms with E-state index in [1.807, 2.05) is 24.3 Å². The number of rotatable bonds is 7. The fourth-order valence-electron chi connectivity index (χ4n) is 1.55. The first-order valence-corrected chi connectivity index (χ1v) is 6.26. The zero-order valence-electron chi connectivity index (χ0n) is 12.3. The van der Waals surface area contributed by atoms with Crippen LogP contribution in [0.25, 0.3) is 0 Å². The summed E-state index contributed by atoms with van der Waals surface area (Å²) in [6.45, 7) is 1.99. The van der Waals surface area contributed by atoms with E-state index in [9.17, 15) is 9.59 Å². The van der Waals surface area contributed by atoms with Crippen LogP contribution in [0.4, 0.5) is 0 Å². The topological polar surface area (TPSA) is 78.9 Å². The Hall–Kier alpha value is -1.79. The maximum Gasteiger partial charge on any atom is 0.320 e. The molecule has 0 aromatic heterocycles. The van der Waals surface area contributed by atoms with E-state index in [4.69, 9.17) is 9.84 Å². The molecule has 1 atom stereocenters. The standard InChI is InChI=1S/C14H20N2O4.ClH/c1-10(14(18)19)16(2)9-13(17)15-8-11-4-6-12(20-3)7-5-11;/h4-7,10H,8-9H2,1-3H3,(H,15,17)(H,18,19);1H. The predicted molar refractivity (Wildman–Crippen MR) is 81.8 cm³/mol. The number of likely N-dealkylation sites (N-methyl/N-ethyl adjacent to an activating group) is 1. The molecule has 7 heteroatoms. The van der Waals surface area contributed by atoms with E-state index in [0.29, 0.717) is 6.54 Å². The lowest BCUT2D eigenvalue weighted by atomic mass is 10.2. The van der Waals surface area contributed by atoms with Crippen LogP contribution >= 0.6 is 12.4 Å². The number of carbonyl (C=O) groups is 2. The highest BCUT2D eigenvalue weighted by Gasteiger charge is 2.18. The van der Waals surface area contributed by atoms with E-state index < -0.39 is 12.0 Å². The highest BCUT2D eigenvalue weighted by Crippen LogP contribution is 2.10. The van der Waals surface area contributed by atoms with Gasteiger partial charge in [0.15, 0.2) is 0 Å². The van der Waals surface area contributed by atoms with Crippen LogP contribution in [0.2, 0.25) is 0 Å². The number of halogens is 1. The van der Waals surface area contributed by atoms with Crippen molar-refractivity contribution in [3.8, 4) is 5.75 Å². The molecule has 1 aromatic carbocycles. The third kappa shape index (κ3) is 6.46. The summed E-state index contributed by atoms with van der Waals surface area (Å²) < 4.78 is 5.05. The summed E-state index contributed by atoms with van der Waals surface area (Å²) in [4.78, 5) is 24.0. The van der Waals surface area contributed by atoms with Crippen molar-refractivity contribution in [2.45, 2.75) is 19.5 Å². The third-order valence-electron chi connectivity index (χ3n) is 3.06. The maximum absolute atomic E-state index is 11.7. The molecular weight excluding hydrogens is 296 g/mol. The number of aliphatic carboxylic acids is 1. The third-order valence-corrected chi connectivity index (χ3v) is 3.06. The van der Waals surface area contributed by atoms with Crippen molar-refractivity contribution in [3.05, 3.63) is 29.8 Å². The largest absolute Gasteiger partial charge is 0.497 e. The molecule has 6 nitrogen and oxygen atoms in total. The summed E-state index contributed by atoms with van der Waals surface area (Å²) in [6, 6.07) is 6.67. The van der Waals surface area contributed by atoms with Gasteiger partial charge < -0.3 is 15.2 Å². The average molecular weight is 317 g/mol. The molecule has 0 aliphatic heterocycles. The lowest BCUT2D eigenvalue weighted by Gasteiger charge is -2.20. The molecular formula is C14H21ClN2O4.